The third-order valence-corrected chi connectivity index (χ3v) is 6.40. The third-order valence-electron chi connectivity index (χ3n) is 5.02. The first kappa shape index (κ1) is 21.7. The Balaban J connectivity index is 1.81. The summed E-state index contributed by atoms with van der Waals surface area (Å²) in [4.78, 5) is 25.6. The number of carboxylic acids is 1. The molecule has 1 aliphatic heterocycles. The first-order valence-corrected chi connectivity index (χ1v) is 11.1. The van der Waals surface area contributed by atoms with Crippen LogP contribution in [0.1, 0.15) is 20.9 Å². The molecule has 1 aromatic heterocycles. The number of sulfonamides is 1. The maximum Gasteiger partial charge on any atom is 0.335 e. The molecule has 4 rings (SSSR count). The predicted molar refractivity (Wildman–Crippen MR) is 114 cm³/mol. The molecule has 1 aliphatic rings. The van der Waals surface area contributed by atoms with Crippen LogP contribution in [0.5, 0.6) is 5.75 Å². The lowest BCUT2D eigenvalue weighted by atomic mass is 10.2. The number of nitrogens with zero attached hydrogens (tertiary/aromatic N) is 1. The van der Waals surface area contributed by atoms with Crippen molar-refractivity contribution in [2.45, 2.75) is 4.90 Å². The largest absolute Gasteiger partial charge is 0.495 e. The minimum absolute atomic E-state index is 0.0279. The van der Waals surface area contributed by atoms with E-state index in [2.05, 4.69) is 4.72 Å². The van der Waals surface area contributed by atoms with E-state index in [1.165, 1.54) is 24.1 Å². The van der Waals surface area contributed by atoms with Crippen molar-refractivity contribution in [3.05, 3.63) is 53.8 Å². The fraction of sp³-hybridized carbons (Fsp3) is 0.238. The molecular weight excluding hydrogens is 440 g/mol. The number of morpholine rings is 1. The second-order valence-electron chi connectivity index (χ2n) is 6.98. The van der Waals surface area contributed by atoms with Gasteiger partial charge in [0.2, 0.25) is 5.76 Å². The van der Waals surface area contributed by atoms with Gasteiger partial charge in [-0.05, 0) is 30.3 Å². The number of benzene rings is 2. The summed E-state index contributed by atoms with van der Waals surface area (Å²) in [6.45, 7) is 1.42. The molecule has 168 valence electrons. The molecule has 11 heteroatoms. The zero-order valence-corrected chi connectivity index (χ0v) is 17.8. The van der Waals surface area contributed by atoms with Crippen LogP contribution in [0.2, 0.25) is 0 Å². The summed E-state index contributed by atoms with van der Waals surface area (Å²) in [5.41, 5.74) is 0.0702. The third kappa shape index (κ3) is 3.99. The van der Waals surface area contributed by atoms with Crippen molar-refractivity contribution in [2.24, 2.45) is 0 Å². The van der Waals surface area contributed by atoms with E-state index in [0.29, 0.717) is 37.3 Å². The van der Waals surface area contributed by atoms with Gasteiger partial charge in [-0.3, -0.25) is 9.52 Å². The Bertz CT molecular complexity index is 1290. The smallest absolute Gasteiger partial charge is 0.335 e. The normalized spacial score (nSPS) is 14.3. The van der Waals surface area contributed by atoms with Crippen molar-refractivity contribution >= 4 is 38.6 Å². The summed E-state index contributed by atoms with van der Waals surface area (Å²) in [5.74, 6) is -1.98. The lowest BCUT2D eigenvalue weighted by molar-refractivity contribution is 0.0285. The molecular formula is C21H20N2O8S. The van der Waals surface area contributed by atoms with Crippen LogP contribution < -0.4 is 9.46 Å². The second kappa shape index (κ2) is 8.52. The van der Waals surface area contributed by atoms with Crippen LogP contribution in [0.4, 0.5) is 5.69 Å². The predicted octanol–water partition coefficient (Wildman–Crippen LogP) is 2.41. The van der Waals surface area contributed by atoms with Gasteiger partial charge >= 0.3 is 5.97 Å². The number of fused-ring (bicyclic) bond motifs is 1. The Morgan fingerprint density at radius 3 is 2.53 bits per heavy atom. The highest BCUT2D eigenvalue weighted by Crippen LogP contribution is 2.35. The van der Waals surface area contributed by atoms with Gasteiger partial charge in [0, 0.05) is 18.5 Å². The van der Waals surface area contributed by atoms with E-state index in [4.69, 9.17) is 13.9 Å². The molecule has 0 radical (unpaired) electrons. The van der Waals surface area contributed by atoms with E-state index >= 15 is 0 Å². The van der Waals surface area contributed by atoms with E-state index in [1.54, 1.807) is 24.3 Å². The number of rotatable bonds is 6. The molecule has 1 amide bonds. The molecule has 10 nitrogen and oxygen atoms in total. The average molecular weight is 460 g/mol. The van der Waals surface area contributed by atoms with E-state index in [9.17, 15) is 23.1 Å². The molecule has 0 unspecified atom stereocenters. The number of aromatic carboxylic acids is 1. The summed E-state index contributed by atoms with van der Waals surface area (Å²) in [7, 11) is -3.08. The van der Waals surface area contributed by atoms with Gasteiger partial charge in [-0.1, -0.05) is 12.1 Å². The Kier molecular flexibility index (Phi) is 5.76. The SMILES string of the molecule is COc1ccc(C(=O)O)cc1S(=O)(=O)Nc1c(C(=O)N2CCOCC2)oc2ccccc12. The molecule has 1 saturated heterocycles. The molecule has 0 spiro atoms. The Morgan fingerprint density at radius 2 is 1.84 bits per heavy atom. The van der Waals surface area contributed by atoms with E-state index < -0.39 is 21.9 Å². The van der Waals surface area contributed by atoms with Crippen LogP contribution >= 0.6 is 0 Å². The number of ether oxygens (including phenoxy) is 2. The van der Waals surface area contributed by atoms with Gasteiger partial charge in [-0.15, -0.1) is 0 Å². The molecule has 1 fully saturated rings. The first-order valence-electron chi connectivity index (χ1n) is 9.64. The van der Waals surface area contributed by atoms with Crippen LogP contribution in [0.3, 0.4) is 0 Å². The summed E-state index contributed by atoms with van der Waals surface area (Å²) >= 11 is 0. The van der Waals surface area contributed by atoms with Crippen LogP contribution in [0, 0.1) is 0 Å². The van der Waals surface area contributed by atoms with Gasteiger partial charge in [-0.25, -0.2) is 13.2 Å². The van der Waals surface area contributed by atoms with Crippen LogP contribution in [0.15, 0.2) is 51.8 Å². The van der Waals surface area contributed by atoms with Crippen molar-refractivity contribution < 1.29 is 37.0 Å². The maximum atomic E-state index is 13.3. The molecule has 2 N–H and O–H groups in total. The minimum Gasteiger partial charge on any atom is -0.495 e. The topological polar surface area (TPSA) is 135 Å². The number of carboxylic acid groups (broad SMARTS) is 1. The van der Waals surface area contributed by atoms with Crippen LogP contribution in [-0.4, -0.2) is 63.7 Å². The lowest BCUT2D eigenvalue weighted by Gasteiger charge is -2.26. The van der Waals surface area contributed by atoms with Gasteiger partial charge in [0.15, 0.2) is 0 Å². The quantitative estimate of drug-likeness (QED) is 0.573. The van der Waals surface area contributed by atoms with Gasteiger partial charge < -0.3 is 23.9 Å². The molecule has 0 atom stereocenters. The average Bonchev–Trinajstić information content (AvgIpc) is 3.16. The lowest BCUT2D eigenvalue weighted by Crippen LogP contribution is -2.40. The minimum atomic E-state index is -4.35. The first-order chi connectivity index (χ1) is 15.3. The Hall–Kier alpha value is -3.57. The number of anilines is 1. The molecule has 0 bridgehead atoms. The number of hydrogen-bond donors (Lipinski definition) is 2. The Morgan fingerprint density at radius 1 is 1.12 bits per heavy atom. The number of carbonyl (C=O) groups is 2. The highest BCUT2D eigenvalue weighted by Gasteiger charge is 2.30. The molecule has 0 saturated carbocycles. The summed E-state index contributed by atoms with van der Waals surface area (Å²) in [6.07, 6.45) is 0. The molecule has 32 heavy (non-hydrogen) atoms. The molecule has 0 aliphatic carbocycles. The fourth-order valence-corrected chi connectivity index (χ4v) is 4.70. The molecule has 2 heterocycles. The number of methoxy groups -OCH3 is 1. The van der Waals surface area contributed by atoms with Crippen molar-refractivity contribution in [3.63, 3.8) is 0 Å². The number of amides is 1. The summed E-state index contributed by atoms with van der Waals surface area (Å²) < 4.78 is 45.1. The van der Waals surface area contributed by atoms with E-state index in [1.807, 2.05) is 0 Å². The second-order valence-corrected chi connectivity index (χ2v) is 8.63. The van der Waals surface area contributed by atoms with E-state index in [0.717, 1.165) is 6.07 Å². The fourth-order valence-electron chi connectivity index (χ4n) is 3.42. The van der Waals surface area contributed by atoms with Crippen molar-refractivity contribution in [3.8, 4) is 5.75 Å². The Labute approximate surface area is 183 Å². The van der Waals surface area contributed by atoms with Crippen molar-refractivity contribution in [2.75, 3.05) is 38.1 Å². The highest BCUT2D eigenvalue weighted by atomic mass is 32.2. The van der Waals surface area contributed by atoms with E-state index in [-0.39, 0.29) is 27.7 Å². The monoisotopic (exact) mass is 460 g/mol. The summed E-state index contributed by atoms with van der Waals surface area (Å²) in [5, 5.41) is 9.66. The van der Waals surface area contributed by atoms with Crippen LogP contribution in [0.25, 0.3) is 11.0 Å². The van der Waals surface area contributed by atoms with Gasteiger partial charge in [0.25, 0.3) is 15.9 Å². The van der Waals surface area contributed by atoms with Crippen molar-refractivity contribution in [1.82, 2.24) is 4.90 Å². The van der Waals surface area contributed by atoms with Crippen LogP contribution in [-0.2, 0) is 14.8 Å². The van der Waals surface area contributed by atoms with Gasteiger partial charge in [0.05, 0.1) is 25.9 Å². The number of furan rings is 1. The van der Waals surface area contributed by atoms with Crippen molar-refractivity contribution in [1.29, 1.82) is 0 Å². The molecule has 3 aromatic rings. The highest BCUT2D eigenvalue weighted by molar-refractivity contribution is 7.92. The number of hydrogen-bond acceptors (Lipinski definition) is 7. The summed E-state index contributed by atoms with van der Waals surface area (Å²) in [6, 6.07) is 10.1. The maximum absolute atomic E-state index is 13.3. The van der Waals surface area contributed by atoms with Gasteiger partial charge in [0.1, 0.15) is 21.9 Å². The standard InChI is InChI=1S/C21H20N2O8S/c1-29-16-7-6-13(21(25)26)12-17(16)32(27,28)22-18-14-4-2-3-5-15(14)31-19(18)20(24)23-8-10-30-11-9-23/h2-7,12,22H,8-11H2,1H3,(H,25,26). The zero-order chi connectivity index (χ0) is 22.9. The van der Waals surface area contributed by atoms with Gasteiger partial charge in [-0.2, -0.15) is 0 Å². The number of para-hydroxylation sites is 1. The number of nitrogens with one attached hydrogen (secondary N) is 1. The zero-order valence-electron chi connectivity index (χ0n) is 17.0. The molecule has 2 aromatic carbocycles. The number of carbonyl (C=O) groups excluding carboxylic acids is 1.